The number of nitrogens with two attached hydrogens (primary N) is 1. The first-order valence-corrected chi connectivity index (χ1v) is 12.3. The van der Waals surface area contributed by atoms with Crippen molar-refractivity contribution < 1.29 is 29.1 Å². The summed E-state index contributed by atoms with van der Waals surface area (Å²) >= 11 is 17.2. The number of allylic oxidation sites excluding steroid dienone is 2. The molecule has 1 aromatic carbocycles. The summed E-state index contributed by atoms with van der Waals surface area (Å²) in [4.78, 5) is 62.2. The van der Waals surface area contributed by atoms with E-state index < -0.39 is 63.1 Å². The van der Waals surface area contributed by atoms with Gasteiger partial charge in [0.25, 0.3) is 11.8 Å². The van der Waals surface area contributed by atoms with Gasteiger partial charge in [0.15, 0.2) is 9.75 Å². The van der Waals surface area contributed by atoms with Crippen molar-refractivity contribution in [2.45, 2.75) is 28.5 Å². The number of carbonyl (C=O) groups is 5. The number of amides is 6. The zero-order chi connectivity index (χ0) is 24.7. The number of imide groups is 4. The van der Waals surface area contributed by atoms with Gasteiger partial charge in [-0.1, -0.05) is 39.7 Å². The van der Waals surface area contributed by atoms with Crippen molar-refractivity contribution in [1.29, 1.82) is 0 Å². The summed E-state index contributed by atoms with van der Waals surface area (Å²) in [5.74, 6) is -6.33. The average Bonchev–Trinajstić information content (AvgIpc) is 3.13. The van der Waals surface area contributed by atoms with E-state index in [2.05, 4.69) is 15.9 Å². The Bertz CT molecular complexity index is 1210. The Morgan fingerprint density at radius 3 is 2.32 bits per heavy atom. The van der Waals surface area contributed by atoms with Crippen LogP contribution in [-0.4, -0.2) is 59.8 Å². The van der Waals surface area contributed by atoms with Crippen LogP contribution in [0.4, 0.5) is 4.79 Å². The highest BCUT2D eigenvalue weighted by atomic mass is 79.9. The lowest BCUT2D eigenvalue weighted by Crippen LogP contribution is -2.60. The van der Waals surface area contributed by atoms with Crippen LogP contribution >= 0.6 is 39.1 Å². The second kappa shape index (κ2) is 7.53. The Morgan fingerprint density at radius 2 is 1.74 bits per heavy atom. The molecule has 0 spiro atoms. The number of rotatable bonds is 2. The van der Waals surface area contributed by atoms with Crippen molar-refractivity contribution in [2.24, 2.45) is 23.5 Å². The fourth-order valence-electron chi connectivity index (χ4n) is 6.01. The van der Waals surface area contributed by atoms with Crippen LogP contribution in [0.25, 0.3) is 0 Å². The monoisotopic (exact) mass is 569 g/mol. The lowest BCUT2D eigenvalue weighted by Gasteiger charge is -2.50. The molecule has 5 rings (SSSR count). The number of halogens is 3. The molecule has 1 saturated carbocycles. The van der Waals surface area contributed by atoms with Crippen LogP contribution in [-0.2, 0) is 19.2 Å². The van der Waals surface area contributed by atoms with E-state index in [1.165, 1.54) is 12.1 Å². The summed E-state index contributed by atoms with van der Waals surface area (Å²) in [5, 5.41) is 9.79. The summed E-state index contributed by atoms with van der Waals surface area (Å²) in [6, 6.07) is 4.82. The number of phenolic OH excluding ortho intramolecular Hbond substituents is 1. The van der Waals surface area contributed by atoms with E-state index in [9.17, 15) is 29.1 Å². The van der Waals surface area contributed by atoms with Crippen LogP contribution in [0.2, 0.25) is 0 Å². The van der Waals surface area contributed by atoms with Crippen LogP contribution in [0, 0.1) is 17.8 Å². The average molecular weight is 571 g/mol. The van der Waals surface area contributed by atoms with Crippen molar-refractivity contribution in [1.82, 2.24) is 9.80 Å². The number of nitrogens with zero attached hydrogens (tertiary/aromatic N) is 2. The SMILES string of the molecule is NC(=O)N1C(=O)[C@H]2[C@H](CC=C3[C@H]2C[C@@]2(Cl)C(=O)N(CBr)C(=O)[C@@]2(Cl)[C@H]3c2ccc(O)cc2)C1=O. The van der Waals surface area contributed by atoms with Gasteiger partial charge in [-0.15, -0.1) is 23.2 Å². The molecule has 2 heterocycles. The minimum Gasteiger partial charge on any atom is -0.508 e. The van der Waals surface area contributed by atoms with Gasteiger partial charge in [-0.3, -0.25) is 24.1 Å². The van der Waals surface area contributed by atoms with Crippen LogP contribution in [0.15, 0.2) is 35.9 Å². The normalized spacial score (nSPS) is 36.9. The van der Waals surface area contributed by atoms with Crippen LogP contribution in [0.3, 0.4) is 0 Å². The van der Waals surface area contributed by atoms with Crippen molar-refractivity contribution in [2.75, 3.05) is 5.45 Å². The van der Waals surface area contributed by atoms with Crippen LogP contribution < -0.4 is 5.73 Å². The molecule has 34 heavy (non-hydrogen) atoms. The highest BCUT2D eigenvalue weighted by Gasteiger charge is 2.76. The van der Waals surface area contributed by atoms with Crippen molar-refractivity contribution >= 4 is 68.8 Å². The number of alkyl halides is 3. The Labute approximate surface area is 211 Å². The molecule has 1 aromatic rings. The van der Waals surface area contributed by atoms with Gasteiger partial charge in [0.05, 0.1) is 17.3 Å². The topological polar surface area (TPSA) is 138 Å². The molecule has 3 N–H and O–H groups in total. The lowest BCUT2D eigenvalue weighted by molar-refractivity contribution is -0.139. The number of phenols is 1. The van der Waals surface area contributed by atoms with Crippen molar-refractivity contribution in [3.8, 4) is 5.75 Å². The molecule has 178 valence electrons. The second-order valence-electron chi connectivity index (χ2n) is 8.93. The van der Waals surface area contributed by atoms with Gasteiger partial charge >= 0.3 is 6.03 Å². The highest BCUT2D eigenvalue weighted by molar-refractivity contribution is 9.09. The van der Waals surface area contributed by atoms with Crippen LogP contribution in [0.5, 0.6) is 5.75 Å². The molecule has 3 fully saturated rings. The number of fused-ring (bicyclic) bond motifs is 4. The predicted octanol–water partition coefficient (Wildman–Crippen LogP) is 2.18. The molecule has 0 unspecified atom stereocenters. The Hall–Kier alpha value is -2.43. The van der Waals surface area contributed by atoms with Gasteiger partial charge in [0.2, 0.25) is 11.8 Å². The van der Waals surface area contributed by atoms with Gasteiger partial charge in [-0.05, 0) is 36.5 Å². The molecule has 12 heteroatoms. The van der Waals surface area contributed by atoms with Gasteiger partial charge < -0.3 is 10.8 Å². The molecule has 2 aliphatic carbocycles. The maximum Gasteiger partial charge on any atom is 0.328 e. The first-order chi connectivity index (χ1) is 16.0. The van der Waals surface area contributed by atoms with E-state index in [-0.39, 0.29) is 24.0 Å². The van der Waals surface area contributed by atoms with E-state index in [1.807, 2.05) is 0 Å². The Morgan fingerprint density at radius 1 is 1.09 bits per heavy atom. The zero-order valence-corrected chi connectivity index (χ0v) is 20.5. The van der Waals surface area contributed by atoms with E-state index in [0.717, 1.165) is 4.90 Å². The van der Waals surface area contributed by atoms with Gasteiger partial charge in [0, 0.05) is 5.92 Å². The molecule has 2 saturated heterocycles. The summed E-state index contributed by atoms with van der Waals surface area (Å²) in [6.07, 6.45) is 1.69. The first-order valence-electron chi connectivity index (χ1n) is 10.4. The molecular weight excluding hydrogens is 553 g/mol. The third-order valence-electron chi connectivity index (χ3n) is 7.46. The van der Waals surface area contributed by atoms with E-state index >= 15 is 0 Å². The standard InChI is InChI=1S/C22H18BrCl2N3O6/c23-8-27-18(32)21(24)7-13-11(5-6-12-14(13)17(31)28(16(12)30)20(26)34)15(22(21,25)19(27)33)9-1-3-10(29)4-2-9/h1-5,12-15,29H,6-8H2,(H2,26,34)/t12-,13+,14-,15-,21+,22-/m0/s1. The summed E-state index contributed by atoms with van der Waals surface area (Å²) < 4.78 is 0. The van der Waals surface area contributed by atoms with E-state index in [4.69, 9.17) is 28.9 Å². The second-order valence-corrected chi connectivity index (χ2v) is 10.7. The minimum atomic E-state index is -1.92. The largest absolute Gasteiger partial charge is 0.508 e. The molecule has 4 aliphatic rings. The van der Waals surface area contributed by atoms with Gasteiger partial charge in [-0.25, -0.2) is 4.79 Å². The molecule has 6 atom stereocenters. The third kappa shape index (κ3) is 2.70. The highest BCUT2D eigenvalue weighted by Crippen LogP contribution is 2.65. The molecule has 2 aliphatic heterocycles. The lowest BCUT2D eigenvalue weighted by atomic mass is 9.56. The van der Waals surface area contributed by atoms with Gasteiger partial charge in [0.1, 0.15) is 5.75 Å². The number of hydrogen-bond donors (Lipinski definition) is 2. The fraction of sp³-hybridized carbons (Fsp3) is 0.409. The molecular formula is C22H18BrCl2N3O6. The first kappa shape index (κ1) is 23.3. The molecule has 0 radical (unpaired) electrons. The molecule has 9 nitrogen and oxygen atoms in total. The third-order valence-corrected chi connectivity index (χ3v) is 9.38. The number of aromatic hydroxyl groups is 1. The van der Waals surface area contributed by atoms with Gasteiger partial charge in [-0.2, -0.15) is 4.90 Å². The molecule has 6 amide bonds. The molecule has 0 bridgehead atoms. The fourth-order valence-corrected chi connectivity index (χ4v) is 7.44. The quantitative estimate of drug-likeness (QED) is 0.242. The zero-order valence-electron chi connectivity index (χ0n) is 17.4. The summed E-state index contributed by atoms with van der Waals surface area (Å²) in [6.45, 7) is 0. The predicted molar refractivity (Wildman–Crippen MR) is 123 cm³/mol. The maximum absolute atomic E-state index is 13.5. The number of benzene rings is 1. The van der Waals surface area contributed by atoms with Crippen molar-refractivity contribution in [3.05, 3.63) is 41.5 Å². The number of urea groups is 1. The Balaban J connectivity index is 1.72. The van der Waals surface area contributed by atoms with Crippen molar-refractivity contribution in [3.63, 3.8) is 0 Å². The number of hydrogen-bond acceptors (Lipinski definition) is 6. The summed E-state index contributed by atoms with van der Waals surface area (Å²) in [7, 11) is 0. The Kier molecular flexibility index (Phi) is 5.17. The minimum absolute atomic E-state index is 0.0147. The summed E-state index contributed by atoms with van der Waals surface area (Å²) in [5.41, 5.74) is 6.26. The smallest absolute Gasteiger partial charge is 0.328 e. The van der Waals surface area contributed by atoms with Crippen LogP contribution in [0.1, 0.15) is 24.3 Å². The maximum atomic E-state index is 13.5. The van der Waals surface area contributed by atoms with E-state index in [1.54, 1.807) is 18.2 Å². The van der Waals surface area contributed by atoms with E-state index in [0.29, 0.717) is 16.0 Å². The number of likely N-dealkylation sites (tertiary alicyclic amines) is 2. The molecule has 0 aromatic heterocycles. The number of carbonyl (C=O) groups excluding carboxylic acids is 5. The number of primary amides is 1.